The van der Waals surface area contributed by atoms with Crippen LogP contribution in [-0.2, 0) is 81.6 Å². The highest BCUT2D eigenvalue weighted by Gasteiger charge is 2.56. The molecule has 0 saturated carbocycles. The first kappa shape index (κ1) is 50.2. The molecule has 0 spiro atoms. The summed E-state index contributed by atoms with van der Waals surface area (Å²) in [6.45, 7) is 12.5. The number of nitrogens with one attached hydrogen (secondary N) is 1. The molecule has 1 amide bonds. The van der Waals surface area contributed by atoms with Gasteiger partial charge >= 0.3 is 16.4 Å². The molecule has 0 aromatic heterocycles. The van der Waals surface area contributed by atoms with Gasteiger partial charge in [-0.05, 0) is 47.0 Å². The summed E-state index contributed by atoms with van der Waals surface area (Å²) < 4.78 is 96.6. The Morgan fingerprint density at radius 2 is 1.30 bits per heavy atom. The van der Waals surface area contributed by atoms with Crippen LogP contribution >= 0.6 is 0 Å². The van der Waals surface area contributed by atoms with Gasteiger partial charge in [-0.1, -0.05) is 93.6 Å². The molecule has 17 nitrogen and oxygen atoms in total. The lowest BCUT2D eigenvalue weighted by atomic mass is 9.95. The van der Waals surface area contributed by atoms with Gasteiger partial charge in [-0.25, -0.2) is 4.18 Å². The summed E-state index contributed by atoms with van der Waals surface area (Å²) in [6.07, 6.45) is -12.9. The van der Waals surface area contributed by atoms with Gasteiger partial charge in [-0.3, -0.25) is 14.1 Å². The molecule has 5 rings (SSSR count). The van der Waals surface area contributed by atoms with Crippen LogP contribution in [0.3, 0.4) is 0 Å². The van der Waals surface area contributed by atoms with Crippen molar-refractivity contribution in [3.8, 4) is 5.75 Å². The highest BCUT2D eigenvalue weighted by Crippen LogP contribution is 2.39. The number of aliphatic hydroxyl groups is 1. The average Bonchev–Trinajstić information content (AvgIpc) is 3.22. The number of hydrogen-bond donors (Lipinski definition) is 3. The zero-order valence-electron chi connectivity index (χ0n) is 36.9. The summed E-state index contributed by atoms with van der Waals surface area (Å²) in [7, 11) is -6.20. The fourth-order valence-electron chi connectivity index (χ4n) is 6.90. The van der Waals surface area contributed by atoms with Crippen LogP contribution < -0.4 is 10.1 Å². The summed E-state index contributed by atoms with van der Waals surface area (Å²) in [4.78, 5) is 25.7. The van der Waals surface area contributed by atoms with Crippen molar-refractivity contribution in [1.82, 2.24) is 5.32 Å². The molecule has 0 unspecified atom stereocenters. The van der Waals surface area contributed by atoms with Crippen LogP contribution in [0.4, 0.5) is 0 Å². The number of ether oxygens (including phenoxy) is 8. The van der Waals surface area contributed by atoms with Crippen LogP contribution in [0.15, 0.2) is 84.9 Å². The van der Waals surface area contributed by atoms with Gasteiger partial charge in [0.2, 0.25) is 5.91 Å². The number of aliphatic hydroxyl groups excluding tert-OH is 1. The van der Waals surface area contributed by atoms with Gasteiger partial charge in [0, 0.05) is 13.8 Å². The number of esters is 1. The van der Waals surface area contributed by atoms with Crippen LogP contribution in [0.25, 0.3) is 0 Å². The van der Waals surface area contributed by atoms with E-state index in [2.05, 4.69) is 39.2 Å². The average molecular weight is 920 g/mol. The molecule has 2 heterocycles. The first-order chi connectivity index (χ1) is 29.7. The first-order valence-electron chi connectivity index (χ1n) is 20.6. The molecule has 2 aliphatic heterocycles. The summed E-state index contributed by atoms with van der Waals surface area (Å²) in [5.41, 5.74) is 2.35. The van der Waals surface area contributed by atoms with Crippen molar-refractivity contribution < 1.29 is 74.2 Å². The van der Waals surface area contributed by atoms with E-state index in [4.69, 9.17) is 46.5 Å². The molecular weight excluding hydrogens is 859 g/mol. The lowest BCUT2D eigenvalue weighted by Crippen LogP contribution is -2.69. The molecule has 0 aliphatic carbocycles. The fourth-order valence-corrected chi connectivity index (χ4v) is 8.43. The summed E-state index contributed by atoms with van der Waals surface area (Å²) >= 11 is 0. The van der Waals surface area contributed by atoms with Crippen molar-refractivity contribution in [2.75, 3.05) is 20.3 Å². The molecule has 0 radical (unpaired) electrons. The minimum absolute atomic E-state index is 0.0141. The van der Waals surface area contributed by atoms with Gasteiger partial charge in [0.25, 0.3) is 0 Å². The normalized spacial score (nSPS) is 26.8. The number of carbonyl (C=O) groups is 2. The quantitative estimate of drug-likeness (QED) is 0.0785. The maximum Gasteiger partial charge on any atom is 0.397 e. The minimum atomic E-state index is -5.27. The third-order valence-corrected chi connectivity index (χ3v) is 16.1. The summed E-state index contributed by atoms with van der Waals surface area (Å²) in [6, 6.07) is 24.1. The van der Waals surface area contributed by atoms with E-state index in [0.717, 1.165) is 16.7 Å². The first-order valence-corrected chi connectivity index (χ1v) is 24.9. The fraction of sp³-hybridized carbons (Fsp3) is 0.545. The molecular formula is C44H61NO16SSi. The second-order valence-corrected chi connectivity index (χ2v) is 22.8. The van der Waals surface area contributed by atoms with Gasteiger partial charge in [-0.2, -0.15) is 8.42 Å². The van der Waals surface area contributed by atoms with E-state index in [9.17, 15) is 27.7 Å². The topological polar surface area (TPSA) is 213 Å². The number of methoxy groups -OCH3 is 1. The Balaban J connectivity index is 1.57. The molecule has 10 atom stereocenters. The van der Waals surface area contributed by atoms with Crippen LogP contribution in [0, 0.1) is 0 Å². The molecule has 2 fully saturated rings. The van der Waals surface area contributed by atoms with Crippen molar-refractivity contribution >= 4 is 30.6 Å². The van der Waals surface area contributed by atoms with E-state index in [1.807, 2.05) is 60.7 Å². The molecule has 348 valence electrons. The zero-order valence-corrected chi connectivity index (χ0v) is 38.7. The summed E-state index contributed by atoms with van der Waals surface area (Å²) in [5.74, 6) is -0.781. The van der Waals surface area contributed by atoms with Crippen molar-refractivity contribution in [3.63, 3.8) is 0 Å². The Labute approximate surface area is 370 Å². The maximum absolute atomic E-state index is 13.0. The molecule has 3 aromatic rings. The second kappa shape index (κ2) is 22.4. The number of benzene rings is 3. The lowest BCUT2D eigenvalue weighted by Gasteiger charge is -2.49. The number of carbonyl (C=O) groups excluding carboxylic acids is 2. The number of hydrogen-bond acceptors (Lipinski definition) is 15. The Morgan fingerprint density at radius 1 is 0.746 bits per heavy atom. The molecule has 0 bridgehead atoms. The minimum Gasteiger partial charge on any atom is -0.497 e. The van der Waals surface area contributed by atoms with Gasteiger partial charge in [0.1, 0.15) is 48.4 Å². The van der Waals surface area contributed by atoms with Gasteiger partial charge in [0.15, 0.2) is 27.0 Å². The molecule has 2 aliphatic rings. The van der Waals surface area contributed by atoms with E-state index < -0.39 is 98.5 Å². The van der Waals surface area contributed by atoms with Crippen molar-refractivity contribution in [3.05, 3.63) is 102 Å². The highest BCUT2D eigenvalue weighted by atomic mass is 32.3. The van der Waals surface area contributed by atoms with Gasteiger partial charge in [-0.15, -0.1) is 0 Å². The molecule has 2 saturated heterocycles. The van der Waals surface area contributed by atoms with Crippen LogP contribution in [0.5, 0.6) is 5.75 Å². The van der Waals surface area contributed by atoms with Crippen LogP contribution in [0.1, 0.15) is 51.3 Å². The molecule has 3 N–H and O–H groups in total. The van der Waals surface area contributed by atoms with E-state index >= 15 is 0 Å². The van der Waals surface area contributed by atoms with E-state index in [-0.39, 0.29) is 31.5 Å². The third kappa shape index (κ3) is 14.6. The second-order valence-electron chi connectivity index (χ2n) is 17.0. The standard InChI is InChI=1S/C44H61NO16SSi/c1-28(46)45-36-39(38(61-62(49,50)51)34(58-42(36)48)26-53-23-32-19-21-33(52-6)22-20-32)60-43-41(57-29(2)47)40(55-25-31-17-13-10-14-18-31)37(54-24-30-15-11-9-12-16-30)35(59-43)27-56-63(7,8)44(3,4)5/h9-22,34-43,48H,23-27H2,1-8H3,(H,45,46)(H,49,50,51)/t34-,35-,36-,37-,38+,39-,40+,41-,42-,43+/m1/s1. The van der Waals surface area contributed by atoms with E-state index in [1.165, 1.54) is 21.0 Å². The van der Waals surface area contributed by atoms with Crippen molar-refractivity contribution in [1.29, 1.82) is 0 Å². The largest absolute Gasteiger partial charge is 0.497 e. The smallest absolute Gasteiger partial charge is 0.397 e. The maximum atomic E-state index is 13.0. The van der Waals surface area contributed by atoms with Crippen LogP contribution in [0.2, 0.25) is 18.1 Å². The van der Waals surface area contributed by atoms with Crippen molar-refractivity contribution in [2.45, 2.75) is 134 Å². The predicted octanol–water partition coefficient (Wildman–Crippen LogP) is 4.86. The van der Waals surface area contributed by atoms with Crippen molar-refractivity contribution in [2.24, 2.45) is 0 Å². The lowest BCUT2D eigenvalue weighted by molar-refractivity contribution is -0.349. The Morgan fingerprint density at radius 3 is 1.83 bits per heavy atom. The SMILES string of the molecule is COc1ccc(COC[C@H]2O[C@@H](O)[C@H](NC(C)=O)[C@@H](O[C@@H]3O[C@H](CO[Si](C)(C)C(C)(C)C)[C@@H](OCc4ccccc4)[C@H](OCc4ccccc4)[C@H]3OC(C)=O)[C@H]2OS(=O)(=O)O)cc1. The Bertz CT molecular complexity index is 2000. The predicted molar refractivity (Wildman–Crippen MR) is 230 cm³/mol. The van der Waals surface area contributed by atoms with E-state index in [0.29, 0.717) is 5.75 Å². The molecule has 3 aromatic carbocycles. The zero-order chi connectivity index (χ0) is 46.0. The monoisotopic (exact) mass is 919 g/mol. The number of amides is 1. The third-order valence-electron chi connectivity index (χ3n) is 11.1. The molecule has 19 heteroatoms. The van der Waals surface area contributed by atoms with Gasteiger partial charge in [0.05, 0.1) is 40.1 Å². The summed E-state index contributed by atoms with van der Waals surface area (Å²) in [5, 5.41) is 13.8. The Hall–Kier alpha value is -3.83. The van der Waals surface area contributed by atoms with E-state index in [1.54, 1.807) is 24.3 Å². The Kier molecular flexibility index (Phi) is 17.8. The van der Waals surface area contributed by atoms with Crippen LogP contribution in [-0.4, -0.2) is 120 Å². The molecule has 63 heavy (non-hydrogen) atoms. The number of rotatable bonds is 20. The highest BCUT2D eigenvalue weighted by molar-refractivity contribution is 7.80. The van der Waals surface area contributed by atoms with Gasteiger partial charge < -0.3 is 52.7 Å².